The molecule has 11 heteroatoms. The Labute approximate surface area is 176 Å². The molecule has 0 saturated heterocycles. The summed E-state index contributed by atoms with van der Waals surface area (Å²) < 4.78 is 41.4. The highest BCUT2D eigenvalue weighted by Crippen LogP contribution is 2.49. The number of rotatable bonds is 9. The van der Waals surface area contributed by atoms with Crippen molar-refractivity contribution in [2.75, 3.05) is 47.6 Å². The fraction of sp³-hybridized carbons (Fsp3) is 0.737. The number of amides is 1. The molecule has 0 atom stereocenters. The van der Waals surface area contributed by atoms with Crippen LogP contribution in [0.1, 0.15) is 46.3 Å². The van der Waals surface area contributed by atoms with Crippen LogP contribution in [0.3, 0.4) is 0 Å². The Morgan fingerprint density at radius 2 is 1.80 bits per heavy atom. The van der Waals surface area contributed by atoms with Crippen LogP contribution in [-0.4, -0.2) is 92.1 Å². The Morgan fingerprint density at radius 3 is 2.30 bits per heavy atom. The van der Waals surface area contributed by atoms with Crippen molar-refractivity contribution in [2.45, 2.75) is 35.7 Å². The Bertz CT molecular complexity index is 944. The quantitative estimate of drug-likeness (QED) is 0.497. The molecule has 1 amide bonds. The highest BCUT2D eigenvalue weighted by Gasteiger charge is 2.62. The van der Waals surface area contributed by atoms with Gasteiger partial charge >= 0.3 is 5.97 Å². The predicted molar refractivity (Wildman–Crippen MR) is 107 cm³/mol. The first-order chi connectivity index (χ1) is 14.1. The molecule has 0 bridgehead atoms. The molecule has 3 rings (SSSR count). The topological polar surface area (TPSA) is 117 Å². The Morgan fingerprint density at radius 1 is 1.20 bits per heavy atom. The molecule has 0 radical (unpaired) electrons. The maximum atomic E-state index is 13.6. The molecule has 30 heavy (non-hydrogen) atoms. The average molecular weight is 444 g/mol. The van der Waals surface area contributed by atoms with Gasteiger partial charge in [-0.2, -0.15) is 5.10 Å². The maximum absolute atomic E-state index is 13.6. The molecule has 0 unspecified atom stereocenters. The molecule has 168 valence electrons. The molecule has 1 saturated carbocycles. The van der Waals surface area contributed by atoms with Crippen LogP contribution in [0.15, 0.2) is 0 Å². The van der Waals surface area contributed by atoms with Gasteiger partial charge in [0.15, 0.2) is 15.5 Å². The van der Waals surface area contributed by atoms with Crippen molar-refractivity contribution in [1.29, 1.82) is 0 Å². The Balaban J connectivity index is 1.88. The van der Waals surface area contributed by atoms with Crippen LogP contribution in [0.5, 0.6) is 0 Å². The number of esters is 1. The van der Waals surface area contributed by atoms with E-state index in [0.717, 1.165) is 0 Å². The van der Waals surface area contributed by atoms with E-state index in [-0.39, 0.29) is 31.4 Å². The lowest BCUT2D eigenvalue weighted by Crippen LogP contribution is -2.54. The monoisotopic (exact) mass is 443 g/mol. The van der Waals surface area contributed by atoms with E-state index >= 15 is 0 Å². The zero-order chi connectivity index (χ0) is 22.3. The minimum Gasteiger partial charge on any atom is -0.464 e. The number of nitrogens with zero attached hydrogens (tertiary/aromatic N) is 3. The number of hydrogen-bond donors (Lipinski definition) is 0. The molecule has 1 aliphatic heterocycles. The first-order valence-electron chi connectivity index (χ1n) is 9.73. The molecule has 0 spiro atoms. The smallest absolute Gasteiger partial charge is 0.358 e. The van der Waals surface area contributed by atoms with Crippen LogP contribution < -0.4 is 0 Å². The molecule has 10 nitrogen and oxygen atoms in total. The van der Waals surface area contributed by atoms with Crippen molar-refractivity contribution in [1.82, 2.24) is 14.7 Å². The molecular formula is C19H29N3O7S. The fourth-order valence-corrected chi connectivity index (χ4v) is 6.87. The van der Waals surface area contributed by atoms with E-state index in [1.807, 2.05) is 0 Å². The zero-order valence-corrected chi connectivity index (χ0v) is 18.9. The third kappa shape index (κ3) is 3.42. The van der Waals surface area contributed by atoms with Gasteiger partial charge in [-0.05, 0) is 26.2 Å². The molecule has 1 aromatic heterocycles. The number of aryl methyl sites for hydroxylation is 1. The predicted octanol–water partition coefficient (Wildman–Crippen LogP) is 0.204. The van der Waals surface area contributed by atoms with Gasteiger partial charge in [0.25, 0.3) is 5.91 Å². The number of carbonyl (C=O) groups excluding carboxylic acids is 2. The Hall–Kier alpha value is -1.98. The van der Waals surface area contributed by atoms with Crippen molar-refractivity contribution in [2.24, 2.45) is 7.05 Å². The summed E-state index contributed by atoms with van der Waals surface area (Å²) in [6.07, 6.45) is 1.37. The van der Waals surface area contributed by atoms with Crippen molar-refractivity contribution in [3.05, 3.63) is 17.0 Å². The maximum Gasteiger partial charge on any atom is 0.358 e. The van der Waals surface area contributed by atoms with E-state index in [4.69, 9.17) is 14.2 Å². The molecule has 1 aromatic rings. The van der Waals surface area contributed by atoms with Crippen LogP contribution in [-0.2, 0) is 37.5 Å². The van der Waals surface area contributed by atoms with Crippen LogP contribution in [0.25, 0.3) is 0 Å². The normalized spacial score (nSPS) is 18.3. The summed E-state index contributed by atoms with van der Waals surface area (Å²) in [7, 11) is 2.09. The van der Waals surface area contributed by atoms with Gasteiger partial charge in [-0.1, -0.05) is 0 Å². The summed E-state index contributed by atoms with van der Waals surface area (Å²) in [4.78, 5) is 26.7. The van der Waals surface area contributed by atoms with Gasteiger partial charge in [-0.25, -0.2) is 13.2 Å². The molecule has 1 fully saturated rings. The van der Waals surface area contributed by atoms with Gasteiger partial charge in [-0.3, -0.25) is 9.48 Å². The fourth-order valence-electron chi connectivity index (χ4n) is 4.31. The van der Waals surface area contributed by atoms with E-state index < -0.39 is 25.3 Å². The SMILES string of the molecule is COCC(C)(COC)S(=O)(=O)C1(CN2CCc3c(C(=O)OC)nn(C)c3C2=O)CC1. The standard InChI is InChI=1S/C19H29N3O7S/c1-18(11-27-3,12-28-4)30(25,26)19(7-8-19)10-22-9-6-13-14(17(24)29-5)20-21(2)15(13)16(22)23/h6-12H2,1-5H3. The molecule has 2 aliphatic rings. The van der Waals surface area contributed by atoms with Crippen molar-refractivity contribution >= 4 is 21.7 Å². The number of fused-ring (bicyclic) bond motifs is 1. The first-order valence-corrected chi connectivity index (χ1v) is 11.2. The second-order valence-corrected chi connectivity index (χ2v) is 11.1. The minimum atomic E-state index is -3.68. The van der Waals surface area contributed by atoms with Gasteiger partial charge in [0, 0.05) is 39.9 Å². The van der Waals surface area contributed by atoms with Crippen LogP contribution in [0.2, 0.25) is 0 Å². The number of ether oxygens (including phenoxy) is 3. The van der Waals surface area contributed by atoms with Crippen LogP contribution >= 0.6 is 0 Å². The number of hydrogen-bond acceptors (Lipinski definition) is 8. The second kappa shape index (κ2) is 7.93. The largest absolute Gasteiger partial charge is 0.464 e. The molecular weight excluding hydrogens is 414 g/mol. The summed E-state index contributed by atoms with van der Waals surface area (Å²) in [5.74, 6) is -0.924. The molecule has 2 heterocycles. The number of methoxy groups -OCH3 is 3. The molecule has 0 aromatic carbocycles. The summed E-state index contributed by atoms with van der Waals surface area (Å²) in [6.45, 7) is 2.04. The van der Waals surface area contributed by atoms with Gasteiger partial charge in [0.1, 0.15) is 10.4 Å². The lowest BCUT2D eigenvalue weighted by molar-refractivity contribution is 0.0591. The van der Waals surface area contributed by atoms with Crippen LogP contribution in [0, 0.1) is 0 Å². The first kappa shape index (κ1) is 22.7. The van der Waals surface area contributed by atoms with E-state index in [0.29, 0.717) is 37.1 Å². The minimum absolute atomic E-state index is 0.00718. The van der Waals surface area contributed by atoms with E-state index in [1.165, 1.54) is 26.0 Å². The van der Waals surface area contributed by atoms with Crippen molar-refractivity contribution in [3.63, 3.8) is 0 Å². The third-order valence-electron chi connectivity index (χ3n) is 6.05. The summed E-state index contributed by atoms with van der Waals surface area (Å²) in [6, 6.07) is 0. The summed E-state index contributed by atoms with van der Waals surface area (Å²) >= 11 is 0. The van der Waals surface area contributed by atoms with Gasteiger partial charge in [0.2, 0.25) is 0 Å². The van der Waals surface area contributed by atoms with Gasteiger partial charge < -0.3 is 19.1 Å². The van der Waals surface area contributed by atoms with E-state index in [9.17, 15) is 18.0 Å². The van der Waals surface area contributed by atoms with Crippen molar-refractivity contribution in [3.8, 4) is 0 Å². The second-order valence-electron chi connectivity index (χ2n) is 8.27. The number of carbonyl (C=O) groups is 2. The lowest BCUT2D eigenvalue weighted by atomic mass is 10.0. The Kier molecular flexibility index (Phi) is 6.00. The van der Waals surface area contributed by atoms with E-state index in [1.54, 1.807) is 18.9 Å². The summed E-state index contributed by atoms with van der Waals surface area (Å²) in [5, 5.41) is 4.14. The van der Waals surface area contributed by atoms with Crippen LogP contribution in [0.4, 0.5) is 0 Å². The van der Waals surface area contributed by atoms with E-state index in [2.05, 4.69) is 5.10 Å². The zero-order valence-electron chi connectivity index (χ0n) is 18.1. The third-order valence-corrected chi connectivity index (χ3v) is 9.26. The van der Waals surface area contributed by atoms with Gasteiger partial charge in [0.05, 0.1) is 25.1 Å². The highest BCUT2D eigenvalue weighted by molar-refractivity contribution is 7.94. The number of aromatic nitrogens is 2. The lowest BCUT2D eigenvalue weighted by Gasteiger charge is -2.36. The number of sulfone groups is 1. The summed E-state index contributed by atoms with van der Waals surface area (Å²) in [5.41, 5.74) is 0.970. The molecule has 0 N–H and O–H groups in total. The van der Waals surface area contributed by atoms with Gasteiger partial charge in [-0.15, -0.1) is 0 Å². The average Bonchev–Trinajstić information content (AvgIpc) is 3.41. The van der Waals surface area contributed by atoms with Crippen molar-refractivity contribution < 1.29 is 32.2 Å². The molecule has 1 aliphatic carbocycles. The highest BCUT2D eigenvalue weighted by atomic mass is 32.2.